The van der Waals surface area contributed by atoms with Gasteiger partial charge in [-0.05, 0) is 37.8 Å². The summed E-state index contributed by atoms with van der Waals surface area (Å²) in [5, 5.41) is 13.7. The zero-order valence-electron chi connectivity index (χ0n) is 13.1. The average molecular weight is 373 g/mol. The highest BCUT2D eigenvalue weighted by atomic mass is 35.5. The number of halogens is 2. The van der Waals surface area contributed by atoms with E-state index in [1.807, 2.05) is 0 Å². The van der Waals surface area contributed by atoms with Crippen molar-refractivity contribution in [3.8, 4) is 5.75 Å². The molecule has 1 saturated carbocycles. The second-order valence-electron chi connectivity index (χ2n) is 6.36. The number of ether oxygens (including phenoxy) is 1. The first-order valence-corrected chi connectivity index (χ1v) is 8.47. The third-order valence-electron chi connectivity index (χ3n) is 4.41. The predicted octanol–water partition coefficient (Wildman–Crippen LogP) is 2.45. The van der Waals surface area contributed by atoms with Crippen molar-refractivity contribution >= 4 is 35.1 Å². The van der Waals surface area contributed by atoms with Crippen molar-refractivity contribution in [2.45, 2.75) is 31.4 Å². The van der Waals surface area contributed by atoms with Crippen LogP contribution in [0.4, 0.5) is 4.79 Å². The van der Waals surface area contributed by atoms with Gasteiger partial charge in [-0.15, -0.1) is 0 Å². The maximum absolute atomic E-state index is 12.5. The molecule has 0 radical (unpaired) electrons. The normalized spacial score (nSPS) is 24.9. The molecule has 0 aromatic heterocycles. The number of urea groups is 1. The smallest absolute Gasteiger partial charge is 0.325 e. The van der Waals surface area contributed by atoms with E-state index < -0.39 is 17.7 Å². The molecule has 3 rings (SSSR count). The van der Waals surface area contributed by atoms with Gasteiger partial charge in [0.1, 0.15) is 24.0 Å². The minimum absolute atomic E-state index is 0.114. The van der Waals surface area contributed by atoms with Gasteiger partial charge in [0.15, 0.2) is 0 Å². The van der Waals surface area contributed by atoms with E-state index in [2.05, 4.69) is 5.32 Å². The number of carbonyl (C=O) groups excluding carboxylic acids is 2. The number of β-amino-alcohol motifs (C(OH)–C–C–N with tert-alkyl or cyclic N) is 1. The van der Waals surface area contributed by atoms with E-state index in [0.717, 1.165) is 17.7 Å². The molecular formula is C16H18Cl2N2O4. The molecule has 2 N–H and O–H groups in total. The summed E-state index contributed by atoms with van der Waals surface area (Å²) in [6.45, 7) is 1.49. The van der Waals surface area contributed by atoms with Crippen molar-refractivity contribution in [1.29, 1.82) is 0 Å². The van der Waals surface area contributed by atoms with Crippen LogP contribution in [0.15, 0.2) is 18.2 Å². The van der Waals surface area contributed by atoms with E-state index in [9.17, 15) is 14.7 Å². The molecule has 1 saturated heterocycles. The summed E-state index contributed by atoms with van der Waals surface area (Å²) in [6, 6.07) is 4.27. The van der Waals surface area contributed by atoms with Gasteiger partial charge in [-0.2, -0.15) is 0 Å². The van der Waals surface area contributed by atoms with Gasteiger partial charge in [0.05, 0.1) is 11.6 Å². The lowest BCUT2D eigenvalue weighted by molar-refractivity contribution is -0.132. The monoisotopic (exact) mass is 372 g/mol. The third kappa shape index (κ3) is 3.31. The number of nitrogens with zero attached hydrogens (tertiary/aromatic N) is 1. The molecule has 1 aromatic carbocycles. The lowest BCUT2D eigenvalue weighted by Gasteiger charge is -2.22. The number of carbonyl (C=O) groups is 2. The van der Waals surface area contributed by atoms with Crippen LogP contribution in [0.3, 0.4) is 0 Å². The Bertz CT molecular complexity index is 680. The van der Waals surface area contributed by atoms with Gasteiger partial charge in [-0.3, -0.25) is 9.69 Å². The number of aliphatic hydroxyl groups excluding tert-OH is 1. The Balaban J connectivity index is 1.58. The van der Waals surface area contributed by atoms with E-state index in [1.165, 1.54) is 6.07 Å². The van der Waals surface area contributed by atoms with Gasteiger partial charge in [-0.25, -0.2) is 4.79 Å². The maximum atomic E-state index is 12.5. The molecule has 1 aliphatic heterocycles. The van der Waals surface area contributed by atoms with Gasteiger partial charge in [-0.1, -0.05) is 23.2 Å². The Morgan fingerprint density at radius 2 is 2.12 bits per heavy atom. The summed E-state index contributed by atoms with van der Waals surface area (Å²) in [6.07, 6.45) is 0.821. The Kier molecular flexibility index (Phi) is 4.64. The van der Waals surface area contributed by atoms with E-state index in [4.69, 9.17) is 27.9 Å². The molecule has 3 amide bonds. The van der Waals surface area contributed by atoms with Crippen LogP contribution < -0.4 is 10.1 Å². The van der Waals surface area contributed by atoms with E-state index >= 15 is 0 Å². The van der Waals surface area contributed by atoms with Crippen molar-refractivity contribution in [1.82, 2.24) is 10.2 Å². The van der Waals surface area contributed by atoms with Crippen LogP contribution in [0, 0.1) is 5.92 Å². The molecule has 0 spiro atoms. The Hall–Kier alpha value is -1.50. The largest absolute Gasteiger partial charge is 0.489 e. The Morgan fingerprint density at radius 3 is 2.79 bits per heavy atom. The first kappa shape index (κ1) is 17.3. The first-order valence-electron chi connectivity index (χ1n) is 7.71. The van der Waals surface area contributed by atoms with Gasteiger partial charge >= 0.3 is 6.03 Å². The summed E-state index contributed by atoms with van der Waals surface area (Å²) in [7, 11) is 0. The zero-order chi connectivity index (χ0) is 17.5. The summed E-state index contributed by atoms with van der Waals surface area (Å²) in [5.74, 6) is 0.218. The Morgan fingerprint density at radius 1 is 1.42 bits per heavy atom. The predicted molar refractivity (Wildman–Crippen MR) is 89.3 cm³/mol. The molecule has 0 bridgehead atoms. The number of nitrogens with one attached hydrogen (secondary N) is 1. The molecule has 24 heavy (non-hydrogen) atoms. The van der Waals surface area contributed by atoms with Crippen molar-refractivity contribution in [2.24, 2.45) is 5.92 Å². The summed E-state index contributed by atoms with van der Waals surface area (Å²) >= 11 is 11.8. The third-order valence-corrected chi connectivity index (χ3v) is 4.96. The quantitative estimate of drug-likeness (QED) is 0.751. The summed E-state index contributed by atoms with van der Waals surface area (Å²) in [4.78, 5) is 25.6. The highest BCUT2D eigenvalue weighted by Crippen LogP contribution is 2.42. The lowest BCUT2D eigenvalue weighted by Crippen LogP contribution is -2.46. The van der Waals surface area contributed by atoms with Crippen LogP contribution in [-0.4, -0.2) is 46.7 Å². The van der Waals surface area contributed by atoms with Crippen LogP contribution in [-0.2, 0) is 4.79 Å². The molecule has 1 aromatic rings. The Labute approximate surface area is 149 Å². The van der Waals surface area contributed by atoms with Gasteiger partial charge < -0.3 is 15.2 Å². The van der Waals surface area contributed by atoms with Crippen molar-refractivity contribution in [2.75, 3.05) is 13.2 Å². The SMILES string of the molecule is C[C@@]1(C2CC2)NC(=O)N(C[C@H](O)COc2cc(Cl)ccc2Cl)C1=O. The maximum Gasteiger partial charge on any atom is 0.325 e. The van der Waals surface area contributed by atoms with Gasteiger partial charge in [0.2, 0.25) is 0 Å². The number of benzene rings is 1. The van der Waals surface area contributed by atoms with Crippen LogP contribution in [0.5, 0.6) is 5.75 Å². The van der Waals surface area contributed by atoms with Gasteiger partial charge in [0, 0.05) is 11.1 Å². The molecular weight excluding hydrogens is 355 g/mol. The number of imide groups is 1. The van der Waals surface area contributed by atoms with Crippen LogP contribution in [0.25, 0.3) is 0 Å². The molecule has 1 heterocycles. The molecule has 130 valence electrons. The molecule has 0 unspecified atom stereocenters. The molecule has 1 aliphatic carbocycles. The minimum Gasteiger partial charge on any atom is -0.489 e. The second kappa shape index (κ2) is 6.43. The second-order valence-corrected chi connectivity index (χ2v) is 7.21. The fourth-order valence-electron chi connectivity index (χ4n) is 2.86. The number of amides is 3. The van der Waals surface area contributed by atoms with Crippen molar-refractivity contribution < 1.29 is 19.4 Å². The van der Waals surface area contributed by atoms with E-state index in [1.54, 1.807) is 19.1 Å². The lowest BCUT2D eigenvalue weighted by atomic mass is 9.96. The van der Waals surface area contributed by atoms with Gasteiger partial charge in [0.25, 0.3) is 5.91 Å². The molecule has 2 atom stereocenters. The van der Waals surface area contributed by atoms with E-state index in [0.29, 0.717) is 15.8 Å². The first-order chi connectivity index (χ1) is 11.3. The molecule has 2 aliphatic rings. The number of hydrogen-bond acceptors (Lipinski definition) is 4. The highest BCUT2D eigenvalue weighted by Gasteiger charge is 2.56. The topological polar surface area (TPSA) is 78.9 Å². The average Bonchev–Trinajstić information content (AvgIpc) is 3.34. The standard InChI is InChI=1S/C16H18Cl2N2O4/c1-16(9-2-3-9)14(22)20(15(23)19-16)7-11(21)8-24-13-6-10(17)4-5-12(13)18/h4-6,9,11,21H,2-3,7-8H2,1H3,(H,19,23)/t11-,16-/m0/s1. The zero-order valence-corrected chi connectivity index (χ0v) is 14.6. The van der Waals surface area contributed by atoms with E-state index in [-0.39, 0.29) is 25.0 Å². The number of hydrogen-bond donors (Lipinski definition) is 2. The molecule has 6 nitrogen and oxygen atoms in total. The fourth-order valence-corrected chi connectivity index (χ4v) is 3.19. The summed E-state index contributed by atoms with van der Waals surface area (Å²) in [5.41, 5.74) is -0.853. The molecule has 2 fully saturated rings. The highest BCUT2D eigenvalue weighted by molar-refractivity contribution is 6.34. The number of aliphatic hydroxyl groups is 1. The van der Waals surface area contributed by atoms with Crippen LogP contribution in [0.2, 0.25) is 10.0 Å². The van der Waals surface area contributed by atoms with Crippen LogP contribution in [0.1, 0.15) is 19.8 Å². The van der Waals surface area contributed by atoms with Crippen molar-refractivity contribution in [3.05, 3.63) is 28.2 Å². The van der Waals surface area contributed by atoms with Crippen molar-refractivity contribution in [3.63, 3.8) is 0 Å². The molecule has 8 heteroatoms. The number of rotatable bonds is 6. The fraction of sp³-hybridized carbons (Fsp3) is 0.500. The minimum atomic E-state index is -1.03. The summed E-state index contributed by atoms with van der Waals surface area (Å²) < 4.78 is 5.44. The van der Waals surface area contributed by atoms with Crippen LogP contribution >= 0.6 is 23.2 Å².